The highest BCUT2D eigenvalue weighted by atomic mass is 79.9. The van der Waals surface area contributed by atoms with Crippen LogP contribution in [0.2, 0.25) is 0 Å². The van der Waals surface area contributed by atoms with Crippen LogP contribution in [0.3, 0.4) is 0 Å². The van der Waals surface area contributed by atoms with Gasteiger partial charge in [-0.25, -0.2) is 8.42 Å². The van der Waals surface area contributed by atoms with Crippen molar-refractivity contribution in [3.63, 3.8) is 0 Å². The summed E-state index contributed by atoms with van der Waals surface area (Å²) in [4.78, 5) is 0.333. The van der Waals surface area contributed by atoms with E-state index in [1.807, 2.05) is 6.92 Å². The van der Waals surface area contributed by atoms with Crippen molar-refractivity contribution in [2.45, 2.75) is 17.9 Å². The Bertz CT molecular complexity index is 510. The average Bonchev–Trinajstić information content (AvgIpc) is 2.17. The van der Waals surface area contributed by atoms with E-state index in [2.05, 4.69) is 15.9 Å². The summed E-state index contributed by atoms with van der Waals surface area (Å²) in [5.41, 5.74) is 6.49. The second-order valence-electron chi connectivity index (χ2n) is 3.99. The molecule has 0 bridgehead atoms. The van der Waals surface area contributed by atoms with Gasteiger partial charge in [-0.15, -0.1) is 0 Å². The molecule has 0 saturated carbocycles. The number of sulfonamides is 1. The molecule has 0 atom stereocenters. The third-order valence-electron chi connectivity index (χ3n) is 2.64. The number of halogens is 1. The summed E-state index contributed by atoms with van der Waals surface area (Å²) in [6.07, 6.45) is 0. The van der Waals surface area contributed by atoms with Crippen LogP contribution in [0.5, 0.6) is 0 Å². The maximum atomic E-state index is 12.1. The highest BCUT2D eigenvalue weighted by molar-refractivity contribution is 9.10. The highest BCUT2D eigenvalue weighted by Crippen LogP contribution is 2.24. The molecule has 2 N–H and O–H groups in total. The van der Waals surface area contributed by atoms with Crippen LogP contribution in [-0.2, 0) is 10.0 Å². The maximum absolute atomic E-state index is 12.1. The van der Waals surface area contributed by atoms with Crippen molar-refractivity contribution in [3.8, 4) is 0 Å². The largest absolute Gasteiger partial charge is 0.325 e. The van der Waals surface area contributed by atoms with E-state index >= 15 is 0 Å². The molecule has 1 aromatic carbocycles. The van der Waals surface area contributed by atoms with Crippen molar-refractivity contribution >= 4 is 26.0 Å². The minimum atomic E-state index is -3.34. The van der Waals surface area contributed by atoms with Gasteiger partial charge in [-0.05, 0) is 30.7 Å². The first-order valence-electron chi connectivity index (χ1n) is 4.93. The third kappa shape index (κ3) is 2.02. The lowest BCUT2D eigenvalue weighted by Gasteiger charge is -2.35. The van der Waals surface area contributed by atoms with Crippen molar-refractivity contribution in [3.05, 3.63) is 28.2 Å². The van der Waals surface area contributed by atoms with Crippen molar-refractivity contribution < 1.29 is 8.42 Å². The Kier molecular flexibility index (Phi) is 3.09. The number of benzene rings is 1. The van der Waals surface area contributed by atoms with Crippen LogP contribution in [0, 0.1) is 6.92 Å². The molecule has 1 aliphatic rings. The fraction of sp³-hybridized carbons (Fsp3) is 0.400. The van der Waals surface area contributed by atoms with Crippen LogP contribution in [0.15, 0.2) is 27.6 Å². The van der Waals surface area contributed by atoms with Crippen LogP contribution in [0.4, 0.5) is 0 Å². The predicted octanol–water partition coefficient (Wildman–Crippen LogP) is 1.09. The van der Waals surface area contributed by atoms with E-state index in [9.17, 15) is 8.42 Å². The Morgan fingerprint density at radius 3 is 2.56 bits per heavy atom. The number of hydrogen-bond acceptors (Lipinski definition) is 3. The molecule has 1 aromatic rings. The standard InChI is InChI=1S/C10H13BrN2O2S/c1-7-4-9(2-3-10(7)11)16(14,15)13-5-8(12)6-13/h2-4,8H,5-6,12H2,1H3. The lowest BCUT2D eigenvalue weighted by Crippen LogP contribution is -2.57. The van der Waals surface area contributed by atoms with E-state index in [1.165, 1.54) is 4.31 Å². The molecule has 0 aliphatic carbocycles. The molecule has 2 rings (SSSR count). The molecule has 16 heavy (non-hydrogen) atoms. The Hall–Kier alpha value is -0.430. The molecule has 88 valence electrons. The van der Waals surface area contributed by atoms with Gasteiger partial charge in [-0.1, -0.05) is 15.9 Å². The SMILES string of the molecule is Cc1cc(S(=O)(=O)N2CC(N)C2)ccc1Br. The van der Waals surface area contributed by atoms with Gasteiger partial charge in [0.15, 0.2) is 0 Å². The lowest BCUT2D eigenvalue weighted by molar-refractivity contribution is 0.265. The summed E-state index contributed by atoms with van der Waals surface area (Å²) < 4.78 is 26.5. The zero-order valence-corrected chi connectivity index (χ0v) is 11.3. The van der Waals surface area contributed by atoms with Gasteiger partial charge in [0.2, 0.25) is 10.0 Å². The predicted molar refractivity (Wildman–Crippen MR) is 65.6 cm³/mol. The van der Waals surface area contributed by atoms with Crippen molar-refractivity contribution in [1.82, 2.24) is 4.31 Å². The first-order valence-corrected chi connectivity index (χ1v) is 7.16. The Balaban J connectivity index is 2.33. The Morgan fingerprint density at radius 1 is 1.44 bits per heavy atom. The molecule has 4 nitrogen and oxygen atoms in total. The summed E-state index contributed by atoms with van der Waals surface area (Å²) >= 11 is 3.35. The third-order valence-corrected chi connectivity index (χ3v) is 5.36. The first-order chi connectivity index (χ1) is 7.41. The smallest absolute Gasteiger partial charge is 0.243 e. The van der Waals surface area contributed by atoms with Gasteiger partial charge >= 0.3 is 0 Å². The number of aryl methyl sites for hydroxylation is 1. The Labute approximate surface area is 104 Å². The van der Waals surface area contributed by atoms with Gasteiger partial charge in [0.05, 0.1) is 4.90 Å². The number of nitrogens with two attached hydrogens (primary N) is 1. The summed E-state index contributed by atoms with van der Waals surface area (Å²) in [7, 11) is -3.34. The molecule has 0 amide bonds. The van der Waals surface area contributed by atoms with E-state index in [-0.39, 0.29) is 6.04 Å². The Morgan fingerprint density at radius 2 is 2.06 bits per heavy atom. The lowest BCUT2D eigenvalue weighted by atomic mass is 10.2. The minimum Gasteiger partial charge on any atom is -0.325 e. The maximum Gasteiger partial charge on any atom is 0.243 e. The number of hydrogen-bond donors (Lipinski definition) is 1. The second kappa shape index (κ2) is 4.10. The van der Waals surface area contributed by atoms with E-state index in [4.69, 9.17) is 5.73 Å². The van der Waals surface area contributed by atoms with Crippen molar-refractivity contribution in [1.29, 1.82) is 0 Å². The van der Waals surface area contributed by atoms with Crippen LogP contribution < -0.4 is 5.73 Å². The van der Waals surface area contributed by atoms with Crippen molar-refractivity contribution in [2.75, 3.05) is 13.1 Å². The van der Waals surface area contributed by atoms with Crippen LogP contribution in [0.25, 0.3) is 0 Å². The van der Waals surface area contributed by atoms with Crippen LogP contribution >= 0.6 is 15.9 Å². The first kappa shape index (κ1) is 12.0. The van der Waals surface area contributed by atoms with Gasteiger partial charge in [0.25, 0.3) is 0 Å². The summed E-state index contributed by atoms with van der Waals surface area (Å²) in [6, 6.07) is 5.01. The van der Waals surface area contributed by atoms with Crippen molar-refractivity contribution in [2.24, 2.45) is 5.73 Å². The molecule has 0 unspecified atom stereocenters. The van der Waals surface area contributed by atoms with E-state index < -0.39 is 10.0 Å². The summed E-state index contributed by atoms with van der Waals surface area (Å²) in [6.45, 7) is 2.69. The molecule has 1 heterocycles. The minimum absolute atomic E-state index is 0.0219. The second-order valence-corrected chi connectivity index (χ2v) is 6.79. The van der Waals surface area contributed by atoms with Gasteiger partial charge < -0.3 is 5.73 Å². The number of rotatable bonds is 2. The zero-order chi connectivity index (χ0) is 11.9. The van der Waals surface area contributed by atoms with Crippen LogP contribution in [0.1, 0.15) is 5.56 Å². The van der Waals surface area contributed by atoms with Gasteiger partial charge in [0.1, 0.15) is 0 Å². The molecule has 0 spiro atoms. The van der Waals surface area contributed by atoms with Crippen LogP contribution in [-0.4, -0.2) is 31.9 Å². The van der Waals surface area contributed by atoms with E-state index in [0.29, 0.717) is 18.0 Å². The topological polar surface area (TPSA) is 63.4 Å². The van der Waals surface area contributed by atoms with E-state index in [1.54, 1.807) is 18.2 Å². The molecule has 0 aromatic heterocycles. The summed E-state index contributed by atoms with van der Waals surface area (Å²) in [5, 5.41) is 0. The molecule has 0 radical (unpaired) electrons. The van der Waals surface area contributed by atoms with E-state index in [0.717, 1.165) is 10.0 Å². The fourth-order valence-electron chi connectivity index (χ4n) is 1.59. The number of nitrogens with zero attached hydrogens (tertiary/aromatic N) is 1. The molecule has 1 fully saturated rings. The average molecular weight is 305 g/mol. The van der Waals surface area contributed by atoms with Gasteiger partial charge in [-0.2, -0.15) is 4.31 Å². The monoisotopic (exact) mass is 304 g/mol. The molecular weight excluding hydrogens is 292 g/mol. The molecule has 6 heteroatoms. The zero-order valence-electron chi connectivity index (χ0n) is 8.85. The fourth-order valence-corrected chi connectivity index (χ4v) is 3.48. The summed E-state index contributed by atoms with van der Waals surface area (Å²) in [5.74, 6) is 0. The highest BCUT2D eigenvalue weighted by Gasteiger charge is 2.34. The van der Waals surface area contributed by atoms with Gasteiger partial charge in [-0.3, -0.25) is 0 Å². The van der Waals surface area contributed by atoms with Gasteiger partial charge in [0, 0.05) is 23.6 Å². The molecule has 1 saturated heterocycles. The molecule has 1 aliphatic heterocycles. The normalized spacial score (nSPS) is 18.4. The molecular formula is C10H13BrN2O2S. The quantitative estimate of drug-likeness (QED) is 0.889.